The molecule has 0 bridgehead atoms. The topological polar surface area (TPSA) is 105 Å². The molecule has 0 spiro atoms. The van der Waals surface area contributed by atoms with Crippen LogP contribution in [0.25, 0.3) is 6.08 Å². The van der Waals surface area contributed by atoms with Gasteiger partial charge in [0.15, 0.2) is 11.5 Å². The van der Waals surface area contributed by atoms with E-state index in [1.807, 2.05) is 47.7 Å². The van der Waals surface area contributed by atoms with E-state index in [0.29, 0.717) is 14.8 Å². The van der Waals surface area contributed by atoms with Crippen molar-refractivity contribution in [2.24, 2.45) is 0 Å². The largest absolute Gasteiger partial charge is 0.493 e. The Morgan fingerprint density at radius 2 is 1.71 bits per heavy atom. The maximum atomic E-state index is 12.7. The Balaban J connectivity index is 1.90. The summed E-state index contributed by atoms with van der Waals surface area (Å²) < 4.78 is 37.6. The Morgan fingerprint density at radius 3 is 2.29 bits per heavy atom. The van der Waals surface area contributed by atoms with Gasteiger partial charge in [-0.3, -0.25) is 4.79 Å². The first kappa shape index (κ1) is 26.0. The molecule has 0 unspecified atom stereocenters. The van der Waals surface area contributed by atoms with Gasteiger partial charge in [0.25, 0.3) is 5.91 Å². The van der Waals surface area contributed by atoms with Gasteiger partial charge in [0.05, 0.1) is 10.7 Å². The number of hydrogen-bond donors (Lipinski definition) is 1. The van der Waals surface area contributed by atoms with Crippen molar-refractivity contribution < 1.29 is 22.1 Å². The molecule has 34 heavy (non-hydrogen) atoms. The van der Waals surface area contributed by atoms with Crippen LogP contribution in [-0.2, 0) is 14.9 Å². The summed E-state index contributed by atoms with van der Waals surface area (Å²) in [6.45, 7) is 1.85. The third-order valence-corrected chi connectivity index (χ3v) is 7.29. The number of nitrogens with zero attached hydrogens (tertiary/aromatic N) is 1. The van der Waals surface area contributed by atoms with Crippen LogP contribution < -0.4 is 14.2 Å². The van der Waals surface area contributed by atoms with Crippen LogP contribution in [0.3, 0.4) is 0 Å². The molecule has 3 aromatic carbocycles. The molecule has 0 radical (unpaired) electrons. The first-order chi connectivity index (χ1) is 16.1. The van der Waals surface area contributed by atoms with Crippen LogP contribution in [0.1, 0.15) is 11.1 Å². The fraction of sp³-hybridized carbons (Fsp3) is 0.0833. The lowest BCUT2D eigenvalue weighted by Gasteiger charge is -2.14. The standard InChI is InChI=1S/C24H18I2N2O5S/c1-15-3-9-20(10-4-15)34(30,31)33-23-21(26)12-16(13-22(23)32-2)11-17(14-27)24(29)28-19-7-5-18(25)6-8-19/h3-13H,1-2H3,(H,28,29)/b17-11-. The summed E-state index contributed by atoms with van der Waals surface area (Å²) in [5, 5.41) is 12.2. The zero-order valence-electron chi connectivity index (χ0n) is 18.0. The van der Waals surface area contributed by atoms with Crippen molar-refractivity contribution in [1.29, 1.82) is 5.26 Å². The minimum absolute atomic E-state index is 0.0129. The van der Waals surface area contributed by atoms with Crippen LogP contribution in [0.15, 0.2) is 71.1 Å². The fourth-order valence-electron chi connectivity index (χ4n) is 2.81. The van der Waals surface area contributed by atoms with Gasteiger partial charge >= 0.3 is 10.1 Å². The van der Waals surface area contributed by atoms with Gasteiger partial charge in [-0.25, -0.2) is 0 Å². The van der Waals surface area contributed by atoms with E-state index in [1.165, 1.54) is 31.4 Å². The Bertz CT molecular complexity index is 1400. The number of hydrogen-bond acceptors (Lipinski definition) is 6. The molecule has 0 saturated carbocycles. The monoisotopic (exact) mass is 700 g/mol. The molecule has 1 N–H and O–H groups in total. The summed E-state index contributed by atoms with van der Waals surface area (Å²) in [6.07, 6.45) is 1.39. The highest BCUT2D eigenvalue weighted by molar-refractivity contribution is 14.1. The second-order valence-electron chi connectivity index (χ2n) is 7.02. The molecule has 174 valence electrons. The zero-order valence-corrected chi connectivity index (χ0v) is 23.1. The van der Waals surface area contributed by atoms with E-state index in [-0.39, 0.29) is 22.0 Å². The van der Waals surface area contributed by atoms with Gasteiger partial charge in [-0.2, -0.15) is 13.7 Å². The molecule has 0 aromatic heterocycles. The molecule has 0 atom stereocenters. The lowest BCUT2D eigenvalue weighted by atomic mass is 10.1. The number of rotatable bonds is 7. The number of methoxy groups -OCH3 is 1. The number of carbonyl (C=O) groups excluding carboxylic acids is 1. The average Bonchev–Trinajstić information content (AvgIpc) is 2.80. The summed E-state index contributed by atoms with van der Waals surface area (Å²) in [5.41, 5.74) is 1.82. The lowest BCUT2D eigenvalue weighted by Crippen LogP contribution is -2.13. The number of aryl methyl sites for hydroxylation is 1. The molecule has 3 rings (SSSR count). The van der Waals surface area contributed by atoms with Crippen LogP contribution in [0.2, 0.25) is 0 Å². The Labute approximate surface area is 225 Å². The number of amides is 1. The average molecular weight is 700 g/mol. The summed E-state index contributed by atoms with van der Waals surface area (Å²) in [5.74, 6) is -0.410. The first-order valence-electron chi connectivity index (χ1n) is 9.70. The van der Waals surface area contributed by atoms with E-state index in [2.05, 4.69) is 27.9 Å². The molecule has 0 aliphatic heterocycles. The van der Waals surface area contributed by atoms with Gasteiger partial charge in [0.2, 0.25) is 0 Å². The Morgan fingerprint density at radius 1 is 1.06 bits per heavy atom. The highest BCUT2D eigenvalue weighted by Crippen LogP contribution is 2.36. The van der Waals surface area contributed by atoms with Gasteiger partial charge in [0, 0.05) is 9.26 Å². The molecule has 0 aliphatic rings. The fourth-order valence-corrected chi connectivity index (χ4v) is 5.02. The van der Waals surface area contributed by atoms with Crippen LogP contribution in [-0.4, -0.2) is 21.4 Å². The van der Waals surface area contributed by atoms with Crippen LogP contribution in [0, 0.1) is 25.4 Å². The van der Waals surface area contributed by atoms with Crippen LogP contribution >= 0.6 is 45.2 Å². The summed E-state index contributed by atoms with van der Waals surface area (Å²) in [7, 11) is -2.72. The van der Waals surface area contributed by atoms with Crippen LogP contribution in [0.4, 0.5) is 5.69 Å². The second-order valence-corrected chi connectivity index (χ2v) is 11.0. The summed E-state index contributed by atoms with van der Waals surface area (Å²) in [6, 6.07) is 18.4. The molecule has 0 saturated heterocycles. The van der Waals surface area contributed by atoms with Gasteiger partial charge in [-0.1, -0.05) is 17.7 Å². The van der Waals surface area contributed by atoms with E-state index in [0.717, 1.165) is 9.13 Å². The molecule has 7 nitrogen and oxygen atoms in total. The Kier molecular flexibility index (Phi) is 8.56. The van der Waals surface area contributed by atoms with Crippen molar-refractivity contribution >= 4 is 73.0 Å². The molecular weight excluding hydrogens is 682 g/mol. The van der Waals surface area contributed by atoms with Gasteiger partial charge in [-0.05, 0) is 112 Å². The Hall–Kier alpha value is -2.63. The molecule has 0 aliphatic carbocycles. The molecule has 1 amide bonds. The highest BCUT2D eigenvalue weighted by atomic mass is 127. The van der Waals surface area contributed by atoms with Gasteiger partial charge in [-0.15, -0.1) is 0 Å². The van der Waals surface area contributed by atoms with E-state index >= 15 is 0 Å². The summed E-state index contributed by atoms with van der Waals surface area (Å²) >= 11 is 4.07. The summed E-state index contributed by atoms with van der Waals surface area (Å²) in [4.78, 5) is 12.6. The molecular formula is C24H18I2N2O5S. The quantitative estimate of drug-likeness (QED) is 0.151. The number of nitrogens with one attached hydrogen (secondary N) is 1. The second kappa shape index (κ2) is 11.2. The number of anilines is 1. The predicted octanol–water partition coefficient (Wildman–Crippen LogP) is 5.53. The van der Waals surface area contributed by atoms with Gasteiger partial charge < -0.3 is 14.2 Å². The van der Waals surface area contributed by atoms with Crippen molar-refractivity contribution in [3.8, 4) is 17.6 Å². The maximum Gasteiger partial charge on any atom is 0.339 e. The van der Waals surface area contributed by atoms with Crippen molar-refractivity contribution in [1.82, 2.24) is 0 Å². The van der Waals surface area contributed by atoms with E-state index in [9.17, 15) is 18.5 Å². The number of nitriles is 1. The van der Waals surface area contributed by atoms with Crippen molar-refractivity contribution in [2.45, 2.75) is 11.8 Å². The van der Waals surface area contributed by atoms with Crippen molar-refractivity contribution in [3.63, 3.8) is 0 Å². The highest BCUT2D eigenvalue weighted by Gasteiger charge is 2.22. The van der Waals surface area contributed by atoms with Crippen molar-refractivity contribution in [2.75, 3.05) is 12.4 Å². The molecule has 0 fully saturated rings. The SMILES string of the molecule is COc1cc(/C=C(/C#N)C(=O)Nc2ccc(I)cc2)cc(I)c1OS(=O)(=O)c1ccc(C)cc1. The number of carbonyl (C=O) groups is 1. The zero-order chi connectivity index (χ0) is 24.9. The van der Waals surface area contributed by atoms with E-state index in [1.54, 1.807) is 30.3 Å². The molecule has 10 heteroatoms. The normalized spacial score (nSPS) is 11.4. The lowest BCUT2D eigenvalue weighted by molar-refractivity contribution is -0.112. The van der Waals surface area contributed by atoms with E-state index < -0.39 is 16.0 Å². The van der Waals surface area contributed by atoms with Crippen molar-refractivity contribution in [3.05, 3.63) is 84.5 Å². The third-order valence-electron chi connectivity index (χ3n) is 4.53. The van der Waals surface area contributed by atoms with E-state index in [4.69, 9.17) is 8.92 Å². The first-order valence-corrected chi connectivity index (χ1v) is 13.3. The van der Waals surface area contributed by atoms with Gasteiger partial charge in [0.1, 0.15) is 16.5 Å². The number of ether oxygens (including phenoxy) is 1. The minimum Gasteiger partial charge on any atom is -0.493 e. The predicted molar refractivity (Wildman–Crippen MR) is 146 cm³/mol. The van der Waals surface area contributed by atoms with Crippen LogP contribution in [0.5, 0.6) is 11.5 Å². The maximum absolute atomic E-state index is 12.7. The minimum atomic E-state index is -4.09. The smallest absolute Gasteiger partial charge is 0.339 e. The third kappa shape index (κ3) is 6.49. The molecule has 0 heterocycles. The number of benzene rings is 3. The molecule has 3 aromatic rings. The number of halogens is 2.